The van der Waals surface area contributed by atoms with Gasteiger partial charge in [-0.3, -0.25) is 9.89 Å². The van der Waals surface area contributed by atoms with Crippen LogP contribution in [0.25, 0.3) is 0 Å². The highest BCUT2D eigenvalue weighted by molar-refractivity contribution is 5.92. The van der Waals surface area contributed by atoms with E-state index in [1.807, 2.05) is 37.2 Å². The topological polar surface area (TPSA) is 53.9 Å². The third-order valence-corrected chi connectivity index (χ3v) is 4.26. The zero-order valence-electron chi connectivity index (χ0n) is 12.7. The number of hydrogen-bond donors (Lipinski definition) is 1. The molecule has 0 aliphatic carbocycles. The van der Waals surface area contributed by atoms with Crippen molar-refractivity contribution >= 4 is 5.91 Å². The molecule has 0 bridgehead atoms. The van der Waals surface area contributed by atoms with Gasteiger partial charge < -0.3 is 9.47 Å². The fourth-order valence-electron chi connectivity index (χ4n) is 3.15. The number of nitrogens with one attached hydrogen (secondary N) is 1. The van der Waals surface area contributed by atoms with Crippen LogP contribution in [0.1, 0.15) is 53.6 Å². The van der Waals surface area contributed by atoms with Crippen LogP contribution in [0.15, 0.2) is 24.4 Å². The molecule has 5 heteroatoms. The number of amides is 1. The van der Waals surface area contributed by atoms with Gasteiger partial charge in [-0.15, -0.1) is 0 Å². The number of hydrogen-bond acceptors (Lipinski definition) is 2. The zero-order chi connectivity index (χ0) is 14.8. The van der Waals surface area contributed by atoms with Crippen molar-refractivity contribution in [1.82, 2.24) is 19.7 Å². The molecule has 0 saturated carbocycles. The molecule has 21 heavy (non-hydrogen) atoms. The summed E-state index contributed by atoms with van der Waals surface area (Å²) in [6, 6.07) is 6.14. The highest BCUT2D eigenvalue weighted by atomic mass is 16.2. The second kappa shape index (κ2) is 5.76. The Balaban J connectivity index is 1.92. The maximum atomic E-state index is 12.8. The minimum Gasteiger partial charge on any atom is -0.353 e. The molecule has 3 heterocycles. The van der Waals surface area contributed by atoms with E-state index in [1.54, 1.807) is 0 Å². The molecular weight excluding hydrogens is 264 g/mol. The van der Waals surface area contributed by atoms with E-state index in [4.69, 9.17) is 0 Å². The molecule has 1 amide bonds. The van der Waals surface area contributed by atoms with Gasteiger partial charge in [-0.2, -0.15) is 5.10 Å². The van der Waals surface area contributed by atoms with Crippen molar-refractivity contribution < 1.29 is 4.79 Å². The highest BCUT2D eigenvalue weighted by Crippen LogP contribution is 2.31. The summed E-state index contributed by atoms with van der Waals surface area (Å²) in [4.78, 5) is 14.8. The van der Waals surface area contributed by atoms with Gasteiger partial charge in [-0.25, -0.2) is 0 Å². The third kappa shape index (κ3) is 2.73. The van der Waals surface area contributed by atoms with Crippen LogP contribution < -0.4 is 0 Å². The average molecular weight is 286 g/mol. The van der Waals surface area contributed by atoms with Gasteiger partial charge in [0, 0.05) is 31.2 Å². The predicted octanol–water partition coefficient (Wildman–Crippen LogP) is 2.81. The Hall–Kier alpha value is -2.04. The highest BCUT2D eigenvalue weighted by Gasteiger charge is 2.29. The molecule has 1 N–H and O–H groups in total. The number of carbonyl (C=O) groups is 1. The van der Waals surface area contributed by atoms with Crippen molar-refractivity contribution in [3.8, 4) is 0 Å². The van der Waals surface area contributed by atoms with E-state index in [2.05, 4.69) is 20.8 Å². The molecule has 0 spiro atoms. The lowest BCUT2D eigenvalue weighted by Gasteiger charge is -2.30. The lowest BCUT2D eigenvalue weighted by molar-refractivity contribution is 0.0668. The molecule has 3 rings (SSSR count). The molecule has 1 atom stereocenters. The smallest absolute Gasteiger partial charge is 0.274 e. The Morgan fingerprint density at radius 1 is 1.38 bits per heavy atom. The second-order valence-electron chi connectivity index (χ2n) is 5.84. The molecule has 0 radical (unpaired) electrons. The van der Waals surface area contributed by atoms with Gasteiger partial charge in [-0.05, 0) is 38.0 Å². The summed E-state index contributed by atoms with van der Waals surface area (Å²) in [5.74, 6) is 0.0347. The summed E-state index contributed by atoms with van der Waals surface area (Å²) >= 11 is 0. The molecule has 112 valence electrons. The number of carbonyl (C=O) groups excluding carboxylic acids is 1. The molecule has 1 aliphatic heterocycles. The minimum absolute atomic E-state index is 0.0347. The SMILES string of the molecule is Cc1cc(C(=O)N2CCCCCC2c2cccn2C)n[nH]1. The summed E-state index contributed by atoms with van der Waals surface area (Å²) in [6.07, 6.45) is 6.48. The standard InChI is InChI=1S/C16H22N4O/c1-12-11-13(18-17-12)16(21)20-10-5-3-4-7-15(20)14-8-6-9-19(14)2/h6,8-9,11,15H,3-5,7,10H2,1-2H3,(H,17,18). The van der Waals surface area contributed by atoms with Crippen LogP contribution in [0, 0.1) is 6.92 Å². The fraction of sp³-hybridized carbons (Fsp3) is 0.500. The Bertz CT molecular complexity index is 628. The van der Waals surface area contributed by atoms with Crippen molar-refractivity contribution in [3.05, 3.63) is 41.5 Å². The monoisotopic (exact) mass is 286 g/mol. The van der Waals surface area contributed by atoms with Crippen molar-refractivity contribution in [3.63, 3.8) is 0 Å². The Kier molecular flexibility index (Phi) is 3.82. The number of aromatic nitrogens is 3. The molecule has 5 nitrogen and oxygen atoms in total. The van der Waals surface area contributed by atoms with E-state index >= 15 is 0 Å². The fourth-order valence-corrected chi connectivity index (χ4v) is 3.15. The normalized spacial score (nSPS) is 19.5. The first-order chi connectivity index (χ1) is 10.2. The molecule has 2 aromatic rings. The van der Waals surface area contributed by atoms with Gasteiger partial charge in [0.05, 0.1) is 6.04 Å². The first kappa shape index (κ1) is 13.9. The average Bonchev–Trinajstić information content (AvgIpc) is 3.00. The number of likely N-dealkylation sites (tertiary alicyclic amines) is 1. The summed E-state index contributed by atoms with van der Waals surface area (Å²) in [6.45, 7) is 2.72. The largest absolute Gasteiger partial charge is 0.353 e. The summed E-state index contributed by atoms with van der Waals surface area (Å²) < 4.78 is 2.12. The molecule has 1 unspecified atom stereocenters. The van der Waals surface area contributed by atoms with Crippen LogP contribution in [0.3, 0.4) is 0 Å². The zero-order valence-corrected chi connectivity index (χ0v) is 12.7. The maximum Gasteiger partial charge on any atom is 0.274 e. The minimum atomic E-state index is 0.0347. The van der Waals surface area contributed by atoms with Crippen LogP contribution in [-0.2, 0) is 7.05 Å². The first-order valence-electron chi connectivity index (χ1n) is 7.61. The summed E-state index contributed by atoms with van der Waals surface area (Å²) in [7, 11) is 2.04. The summed E-state index contributed by atoms with van der Waals surface area (Å²) in [5, 5.41) is 7.00. The van der Waals surface area contributed by atoms with Gasteiger partial charge >= 0.3 is 0 Å². The van der Waals surface area contributed by atoms with Crippen molar-refractivity contribution in [2.45, 2.75) is 38.6 Å². The molecule has 2 aromatic heterocycles. The van der Waals surface area contributed by atoms with E-state index in [-0.39, 0.29) is 11.9 Å². The summed E-state index contributed by atoms with van der Waals surface area (Å²) in [5.41, 5.74) is 2.65. The molecule has 1 fully saturated rings. The number of aryl methyl sites for hydroxylation is 2. The number of aromatic amines is 1. The van der Waals surface area contributed by atoms with Gasteiger partial charge in [0.1, 0.15) is 5.69 Å². The van der Waals surface area contributed by atoms with Crippen molar-refractivity contribution in [1.29, 1.82) is 0 Å². The van der Waals surface area contributed by atoms with Crippen LogP contribution >= 0.6 is 0 Å². The van der Waals surface area contributed by atoms with Crippen LogP contribution in [0.5, 0.6) is 0 Å². The number of nitrogens with zero attached hydrogens (tertiary/aromatic N) is 3. The number of H-pyrrole nitrogens is 1. The number of rotatable bonds is 2. The van der Waals surface area contributed by atoms with Crippen LogP contribution in [0.2, 0.25) is 0 Å². The van der Waals surface area contributed by atoms with Gasteiger partial charge in [0.25, 0.3) is 5.91 Å². The molecule has 1 aliphatic rings. The Morgan fingerprint density at radius 3 is 2.90 bits per heavy atom. The third-order valence-electron chi connectivity index (χ3n) is 4.26. The second-order valence-corrected chi connectivity index (χ2v) is 5.84. The van der Waals surface area contributed by atoms with Crippen LogP contribution in [0.4, 0.5) is 0 Å². The maximum absolute atomic E-state index is 12.8. The quantitative estimate of drug-likeness (QED) is 0.923. The van der Waals surface area contributed by atoms with Gasteiger partial charge in [-0.1, -0.05) is 12.8 Å². The van der Waals surface area contributed by atoms with E-state index in [9.17, 15) is 4.79 Å². The Morgan fingerprint density at radius 2 is 2.24 bits per heavy atom. The van der Waals surface area contributed by atoms with E-state index in [0.717, 1.165) is 25.1 Å². The first-order valence-corrected chi connectivity index (χ1v) is 7.61. The van der Waals surface area contributed by atoms with E-state index in [0.29, 0.717) is 5.69 Å². The van der Waals surface area contributed by atoms with E-state index < -0.39 is 0 Å². The van der Waals surface area contributed by atoms with Crippen LogP contribution in [-0.4, -0.2) is 32.1 Å². The molecule has 0 aromatic carbocycles. The molecule has 1 saturated heterocycles. The van der Waals surface area contributed by atoms with Crippen molar-refractivity contribution in [2.75, 3.05) is 6.54 Å². The van der Waals surface area contributed by atoms with E-state index in [1.165, 1.54) is 18.5 Å². The molecular formula is C16H22N4O. The lowest BCUT2D eigenvalue weighted by atomic mass is 10.1. The van der Waals surface area contributed by atoms with Gasteiger partial charge in [0.15, 0.2) is 0 Å². The predicted molar refractivity (Wildman–Crippen MR) is 81.0 cm³/mol. The lowest BCUT2D eigenvalue weighted by Crippen LogP contribution is -2.35. The Labute approximate surface area is 125 Å². The van der Waals surface area contributed by atoms with Gasteiger partial charge in [0.2, 0.25) is 0 Å². The van der Waals surface area contributed by atoms with Crippen molar-refractivity contribution in [2.24, 2.45) is 7.05 Å².